The molecule has 0 saturated heterocycles. The minimum Gasteiger partial charge on any atom is -0.394 e. The number of halogens is 2. The average molecular weight is 331 g/mol. The van der Waals surface area contributed by atoms with Gasteiger partial charge in [-0.2, -0.15) is 0 Å². The smallest absolute Gasteiger partial charge is 0.319 e. The molecule has 0 spiro atoms. The maximum absolute atomic E-state index is 12.1. The van der Waals surface area contributed by atoms with Crippen LogP contribution < -0.4 is 10.6 Å². The summed E-state index contributed by atoms with van der Waals surface area (Å²) in [4.78, 5) is 12.1. The van der Waals surface area contributed by atoms with Gasteiger partial charge in [0.25, 0.3) is 0 Å². The molecular weight excluding hydrogens is 311 g/mol. The fourth-order valence-corrected chi connectivity index (χ4v) is 3.19. The largest absolute Gasteiger partial charge is 0.394 e. The predicted octanol–water partition coefficient (Wildman–Crippen LogP) is 4.06. The van der Waals surface area contributed by atoms with Gasteiger partial charge in [0.05, 0.1) is 12.1 Å². The molecule has 1 saturated carbocycles. The highest BCUT2D eigenvalue weighted by Crippen LogP contribution is 2.31. The lowest BCUT2D eigenvalue weighted by atomic mass is 9.77. The number of hydrogen-bond donors (Lipinski definition) is 3. The number of amides is 2. The third-order valence-electron chi connectivity index (χ3n) is 4.03. The van der Waals surface area contributed by atoms with Gasteiger partial charge < -0.3 is 15.7 Å². The van der Waals surface area contributed by atoms with E-state index < -0.39 is 5.54 Å². The first-order chi connectivity index (χ1) is 9.92. The van der Waals surface area contributed by atoms with Gasteiger partial charge in [0.1, 0.15) is 0 Å². The van der Waals surface area contributed by atoms with Crippen molar-refractivity contribution < 1.29 is 9.90 Å². The summed E-state index contributed by atoms with van der Waals surface area (Å²) < 4.78 is 0. The molecule has 21 heavy (non-hydrogen) atoms. The molecule has 6 heteroatoms. The third kappa shape index (κ3) is 4.50. The number of urea groups is 1. The van der Waals surface area contributed by atoms with Crippen molar-refractivity contribution in [1.29, 1.82) is 0 Å². The van der Waals surface area contributed by atoms with E-state index in [2.05, 4.69) is 17.6 Å². The number of carbonyl (C=O) groups is 1. The molecule has 0 radical (unpaired) electrons. The van der Waals surface area contributed by atoms with E-state index in [9.17, 15) is 9.90 Å². The standard InChI is InChI=1S/C15H20Cl2N2O2/c1-10-2-4-15(9-20,5-3-10)19-14(21)18-13-7-11(16)6-12(17)8-13/h6-8,10,20H,2-5,9H2,1H3,(H2,18,19,21). The second-order valence-electron chi connectivity index (χ2n) is 5.86. The molecule has 1 aliphatic carbocycles. The Labute approximate surface area is 134 Å². The first-order valence-electron chi connectivity index (χ1n) is 7.08. The van der Waals surface area contributed by atoms with Crippen LogP contribution in [0.25, 0.3) is 0 Å². The Kier molecular flexibility index (Phi) is 5.36. The second kappa shape index (κ2) is 6.86. The SMILES string of the molecule is CC1CCC(CO)(NC(=O)Nc2cc(Cl)cc(Cl)c2)CC1. The number of aliphatic hydroxyl groups is 1. The summed E-state index contributed by atoms with van der Waals surface area (Å²) in [5, 5.41) is 16.2. The molecule has 2 amide bonds. The number of aliphatic hydroxyl groups excluding tert-OH is 1. The van der Waals surface area contributed by atoms with Crippen LogP contribution in [0, 0.1) is 5.92 Å². The van der Waals surface area contributed by atoms with Crippen LogP contribution in [0.2, 0.25) is 10.0 Å². The zero-order chi connectivity index (χ0) is 15.5. The topological polar surface area (TPSA) is 61.4 Å². The Bertz CT molecular complexity index is 494. The Morgan fingerprint density at radius 2 is 1.86 bits per heavy atom. The van der Waals surface area contributed by atoms with E-state index in [1.165, 1.54) is 0 Å². The van der Waals surface area contributed by atoms with Crippen LogP contribution >= 0.6 is 23.2 Å². The zero-order valence-corrected chi connectivity index (χ0v) is 13.5. The number of nitrogens with one attached hydrogen (secondary N) is 2. The van der Waals surface area contributed by atoms with E-state index in [1.807, 2.05) is 0 Å². The summed E-state index contributed by atoms with van der Waals surface area (Å²) >= 11 is 11.8. The predicted molar refractivity (Wildman–Crippen MR) is 86.1 cm³/mol. The summed E-state index contributed by atoms with van der Waals surface area (Å²) in [6, 6.07) is 4.50. The van der Waals surface area contributed by atoms with E-state index in [1.54, 1.807) is 18.2 Å². The summed E-state index contributed by atoms with van der Waals surface area (Å²) in [6.07, 6.45) is 3.58. The fourth-order valence-electron chi connectivity index (χ4n) is 2.67. The van der Waals surface area contributed by atoms with Crippen molar-refractivity contribution in [3.63, 3.8) is 0 Å². The molecule has 0 unspecified atom stereocenters. The maximum Gasteiger partial charge on any atom is 0.319 e. The lowest BCUT2D eigenvalue weighted by Gasteiger charge is -2.38. The zero-order valence-electron chi connectivity index (χ0n) is 12.0. The Hall–Kier alpha value is -0.970. The third-order valence-corrected chi connectivity index (χ3v) is 4.47. The van der Waals surface area contributed by atoms with Crippen LogP contribution in [-0.4, -0.2) is 23.3 Å². The normalized spacial score (nSPS) is 25.4. The van der Waals surface area contributed by atoms with Crippen molar-refractivity contribution in [2.45, 2.75) is 38.1 Å². The van der Waals surface area contributed by atoms with Gasteiger partial charge in [-0.1, -0.05) is 30.1 Å². The van der Waals surface area contributed by atoms with Crippen LogP contribution in [0.5, 0.6) is 0 Å². The van der Waals surface area contributed by atoms with Gasteiger partial charge in [-0.25, -0.2) is 4.79 Å². The van der Waals surface area contributed by atoms with Gasteiger partial charge >= 0.3 is 6.03 Å². The van der Waals surface area contributed by atoms with E-state index in [0.29, 0.717) is 21.7 Å². The second-order valence-corrected chi connectivity index (χ2v) is 6.73. The van der Waals surface area contributed by atoms with Gasteiger partial charge in [0, 0.05) is 15.7 Å². The minimum absolute atomic E-state index is 0.0521. The molecule has 0 aliphatic heterocycles. The summed E-state index contributed by atoms with van der Waals surface area (Å²) in [5.74, 6) is 0.640. The molecule has 1 aliphatic rings. The lowest BCUT2D eigenvalue weighted by molar-refractivity contribution is 0.113. The van der Waals surface area contributed by atoms with Gasteiger partial charge in [-0.3, -0.25) is 0 Å². The summed E-state index contributed by atoms with van der Waals surface area (Å²) in [7, 11) is 0. The molecule has 4 nitrogen and oxygen atoms in total. The van der Waals surface area contributed by atoms with Gasteiger partial charge in [-0.15, -0.1) is 0 Å². The van der Waals surface area contributed by atoms with Crippen molar-refractivity contribution in [3.8, 4) is 0 Å². The van der Waals surface area contributed by atoms with E-state index >= 15 is 0 Å². The molecule has 2 rings (SSSR count). The maximum atomic E-state index is 12.1. The van der Waals surface area contributed by atoms with Crippen LogP contribution in [0.4, 0.5) is 10.5 Å². The van der Waals surface area contributed by atoms with Gasteiger partial charge in [0.15, 0.2) is 0 Å². The molecule has 1 aromatic carbocycles. The molecule has 116 valence electrons. The van der Waals surface area contributed by atoms with Gasteiger partial charge in [0.2, 0.25) is 0 Å². The molecular formula is C15H20Cl2N2O2. The van der Waals surface area contributed by atoms with Crippen molar-refractivity contribution >= 4 is 34.9 Å². The number of hydrogen-bond acceptors (Lipinski definition) is 2. The molecule has 0 heterocycles. The Morgan fingerprint density at radius 3 is 2.38 bits per heavy atom. The van der Waals surface area contributed by atoms with E-state index in [4.69, 9.17) is 23.2 Å². The average Bonchev–Trinajstić information content (AvgIpc) is 2.40. The highest BCUT2D eigenvalue weighted by atomic mass is 35.5. The Balaban J connectivity index is 2.00. The molecule has 1 aromatic rings. The van der Waals surface area contributed by atoms with Crippen molar-refractivity contribution in [2.75, 3.05) is 11.9 Å². The summed E-state index contributed by atoms with van der Waals surface area (Å²) in [6.45, 7) is 2.14. The molecule has 0 aromatic heterocycles. The van der Waals surface area contributed by atoms with Crippen molar-refractivity contribution in [3.05, 3.63) is 28.2 Å². The molecule has 3 N–H and O–H groups in total. The number of benzene rings is 1. The minimum atomic E-state index is -0.529. The van der Waals surface area contributed by atoms with Crippen LogP contribution in [-0.2, 0) is 0 Å². The van der Waals surface area contributed by atoms with Crippen molar-refractivity contribution in [1.82, 2.24) is 5.32 Å². The highest BCUT2D eigenvalue weighted by Gasteiger charge is 2.35. The monoisotopic (exact) mass is 330 g/mol. The molecule has 0 atom stereocenters. The number of anilines is 1. The number of rotatable bonds is 3. The van der Waals surface area contributed by atoms with Crippen LogP contribution in [0.3, 0.4) is 0 Å². The highest BCUT2D eigenvalue weighted by molar-refractivity contribution is 6.35. The van der Waals surface area contributed by atoms with E-state index in [-0.39, 0.29) is 12.6 Å². The fraction of sp³-hybridized carbons (Fsp3) is 0.533. The first kappa shape index (κ1) is 16.4. The van der Waals surface area contributed by atoms with Crippen molar-refractivity contribution in [2.24, 2.45) is 5.92 Å². The van der Waals surface area contributed by atoms with Crippen LogP contribution in [0.15, 0.2) is 18.2 Å². The lowest BCUT2D eigenvalue weighted by Crippen LogP contribution is -2.54. The molecule has 1 fully saturated rings. The van der Waals surface area contributed by atoms with Gasteiger partial charge in [-0.05, 0) is 49.8 Å². The quantitative estimate of drug-likeness (QED) is 0.782. The number of carbonyl (C=O) groups excluding carboxylic acids is 1. The Morgan fingerprint density at radius 1 is 1.29 bits per heavy atom. The van der Waals surface area contributed by atoms with E-state index in [0.717, 1.165) is 25.7 Å². The first-order valence-corrected chi connectivity index (χ1v) is 7.84. The summed E-state index contributed by atoms with van der Waals surface area (Å²) in [5.41, 5.74) is 0.00107. The molecule has 0 bridgehead atoms. The van der Waals surface area contributed by atoms with Crippen LogP contribution in [0.1, 0.15) is 32.6 Å².